The van der Waals surface area contributed by atoms with Crippen molar-refractivity contribution in [3.63, 3.8) is 0 Å². The molecule has 2 aliphatic rings. The first-order valence-electron chi connectivity index (χ1n) is 11.1. The van der Waals surface area contributed by atoms with Crippen LogP contribution < -0.4 is 5.32 Å². The standard InChI is InChI=1S/C25H33N3O3/c1-25(2,31)17-26-21-7-8-23-19(13-21)10-12-28(24(23)30)16-22(29)15-27-11-9-18-5-3-4-6-20(18)14-27/h3-8,13,22,26,29,31H,9-12,14-17H2,1-2H3. The average Bonchev–Trinajstić information content (AvgIpc) is 2.73. The van der Waals surface area contributed by atoms with Crippen LogP contribution in [0.5, 0.6) is 0 Å². The molecule has 0 aromatic heterocycles. The van der Waals surface area contributed by atoms with Gasteiger partial charge in [0.1, 0.15) is 0 Å². The Balaban J connectivity index is 1.33. The molecular weight excluding hydrogens is 390 g/mol. The van der Waals surface area contributed by atoms with Crippen LogP contribution in [-0.2, 0) is 19.4 Å². The first-order valence-corrected chi connectivity index (χ1v) is 11.1. The summed E-state index contributed by atoms with van der Waals surface area (Å²) in [5.41, 5.74) is 4.57. The smallest absolute Gasteiger partial charge is 0.254 e. The van der Waals surface area contributed by atoms with Crippen LogP contribution in [0.15, 0.2) is 42.5 Å². The normalized spacial score (nSPS) is 17.8. The summed E-state index contributed by atoms with van der Waals surface area (Å²) >= 11 is 0. The van der Waals surface area contributed by atoms with E-state index < -0.39 is 11.7 Å². The second-order valence-electron chi connectivity index (χ2n) is 9.45. The zero-order valence-corrected chi connectivity index (χ0v) is 18.5. The van der Waals surface area contributed by atoms with E-state index in [-0.39, 0.29) is 5.91 Å². The quantitative estimate of drug-likeness (QED) is 0.637. The van der Waals surface area contributed by atoms with Crippen LogP contribution in [0.1, 0.15) is 40.9 Å². The largest absolute Gasteiger partial charge is 0.390 e. The molecule has 0 radical (unpaired) electrons. The number of carbonyl (C=O) groups excluding carboxylic acids is 1. The number of carbonyl (C=O) groups is 1. The lowest BCUT2D eigenvalue weighted by Crippen LogP contribution is -2.46. The highest BCUT2D eigenvalue weighted by Crippen LogP contribution is 2.24. The number of aliphatic hydroxyl groups is 2. The molecule has 2 aromatic carbocycles. The van der Waals surface area contributed by atoms with E-state index >= 15 is 0 Å². The third-order valence-corrected chi connectivity index (χ3v) is 6.11. The summed E-state index contributed by atoms with van der Waals surface area (Å²) in [5.74, 6) is -0.0154. The number of hydrogen-bond donors (Lipinski definition) is 3. The van der Waals surface area contributed by atoms with E-state index in [9.17, 15) is 15.0 Å². The lowest BCUT2D eigenvalue weighted by Gasteiger charge is -2.34. The summed E-state index contributed by atoms with van der Waals surface area (Å²) < 4.78 is 0. The lowest BCUT2D eigenvalue weighted by molar-refractivity contribution is 0.0493. The first-order chi connectivity index (χ1) is 14.8. The third-order valence-electron chi connectivity index (χ3n) is 6.11. The van der Waals surface area contributed by atoms with Crippen LogP contribution in [-0.4, -0.2) is 70.3 Å². The topological polar surface area (TPSA) is 76.0 Å². The van der Waals surface area contributed by atoms with E-state index in [4.69, 9.17) is 0 Å². The Labute approximate surface area is 184 Å². The van der Waals surface area contributed by atoms with E-state index in [0.29, 0.717) is 31.7 Å². The van der Waals surface area contributed by atoms with E-state index in [1.54, 1.807) is 18.7 Å². The van der Waals surface area contributed by atoms with Gasteiger partial charge in [0.15, 0.2) is 0 Å². The van der Waals surface area contributed by atoms with Gasteiger partial charge in [0.05, 0.1) is 11.7 Å². The van der Waals surface area contributed by atoms with Gasteiger partial charge in [0, 0.05) is 50.5 Å². The number of amides is 1. The Hall–Kier alpha value is -2.41. The summed E-state index contributed by atoms with van der Waals surface area (Å²) in [5, 5.41) is 23.8. The van der Waals surface area contributed by atoms with Crippen molar-refractivity contribution in [3.8, 4) is 0 Å². The number of β-amino-alcohol motifs (C(OH)–C–C–N with tert-alkyl or cyclic N) is 1. The maximum absolute atomic E-state index is 13.0. The van der Waals surface area contributed by atoms with Crippen LogP contribution in [0.25, 0.3) is 0 Å². The van der Waals surface area contributed by atoms with Gasteiger partial charge in [-0.05, 0) is 61.6 Å². The molecule has 31 heavy (non-hydrogen) atoms. The van der Waals surface area contributed by atoms with Crippen LogP contribution in [0.2, 0.25) is 0 Å². The van der Waals surface area contributed by atoms with E-state index in [0.717, 1.165) is 37.2 Å². The number of rotatable bonds is 7. The molecule has 0 fully saturated rings. The van der Waals surface area contributed by atoms with Gasteiger partial charge in [-0.2, -0.15) is 0 Å². The number of benzene rings is 2. The molecule has 0 saturated carbocycles. The van der Waals surface area contributed by atoms with Crippen molar-refractivity contribution < 1.29 is 15.0 Å². The van der Waals surface area contributed by atoms with E-state index in [2.05, 4.69) is 34.5 Å². The number of hydrogen-bond acceptors (Lipinski definition) is 5. The molecular formula is C25H33N3O3. The van der Waals surface area contributed by atoms with Crippen LogP contribution in [0.4, 0.5) is 5.69 Å². The molecule has 2 aromatic rings. The molecule has 3 N–H and O–H groups in total. The number of nitrogens with one attached hydrogen (secondary N) is 1. The Bertz CT molecular complexity index is 938. The van der Waals surface area contributed by atoms with Gasteiger partial charge in [0.2, 0.25) is 0 Å². The van der Waals surface area contributed by atoms with Crippen molar-refractivity contribution in [2.24, 2.45) is 0 Å². The summed E-state index contributed by atoms with van der Waals surface area (Å²) in [7, 11) is 0. The summed E-state index contributed by atoms with van der Waals surface area (Å²) in [6.45, 7) is 7.29. The monoisotopic (exact) mass is 423 g/mol. The van der Waals surface area contributed by atoms with Gasteiger partial charge in [0.25, 0.3) is 5.91 Å². The van der Waals surface area contributed by atoms with Crippen molar-refractivity contribution in [1.29, 1.82) is 0 Å². The SMILES string of the molecule is CC(C)(O)CNc1ccc2c(c1)CCN(CC(O)CN1CCc3ccccc3C1)C2=O. The van der Waals surface area contributed by atoms with Crippen LogP contribution in [0, 0.1) is 0 Å². The van der Waals surface area contributed by atoms with Crippen molar-refractivity contribution in [1.82, 2.24) is 9.80 Å². The number of nitrogens with zero attached hydrogens (tertiary/aromatic N) is 2. The van der Waals surface area contributed by atoms with Crippen LogP contribution in [0.3, 0.4) is 0 Å². The second kappa shape index (κ2) is 8.99. The van der Waals surface area contributed by atoms with Crippen molar-refractivity contribution in [2.45, 2.75) is 44.9 Å². The molecule has 4 rings (SSSR count). The molecule has 0 saturated heterocycles. The van der Waals surface area contributed by atoms with Gasteiger partial charge < -0.3 is 20.4 Å². The molecule has 6 heteroatoms. The minimum absolute atomic E-state index is 0.0154. The van der Waals surface area contributed by atoms with E-state index in [1.165, 1.54) is 11.1 Å². The molecule has 1 unspecified atom stereocenters. The van der Waals surface area contributed by atoms with Gasteiger partial charge in [-0.15, -0.1) is 0 Å². The maximum Gasteiger partial charge on any atom is 0.254 e. The van der Waals surface area contributed by atoms with Crippen molar-refractivity contribution in [3.05, 3.63) is 64.7 Å². The highest BCUT2D eigenvalue weighted by atomic mass is 16.3. The zero-order chi connectivity index (χ0) is 22.0. The van der Waals surface area contributed by atoms with Gasteiger partial charge >= 0.3 is 0 Å². The molecule has 0 bridgehead atoms. The lowest BCUT2D eigenvalue weighted by atomic mass is 9.97. The molecule has 2 aliphatic heterocycles. The molecule has 2 heterocycles. The summed E-state index contributed by atoms with van der Waals surface area (Å²) in [4.78, 5) is 17.0. The minimum Gasteiger partial charge on any atom is -0.390 e. The number of fused-ring (bicyclic) bond motifs is 2. The van der Waals surface area contributed by atoms with Crippen molar-refractivity contribution >= 4 is 11.6 Å². The van der Waals surface area contributed by atoms with Crippen molar-refractivity contribution in [2.75, 3.05) is 38.0 Å². The van der Waals surface area contributed by atoms with Gasteiger partial charge in [-0.1, -0.05) is 24.3 Å². The summed E-state index contributed by atoms with van der Waals surface area (Å²) in [6, 6.07) is 14.2. The maximum atomic E-state index is 13.0. The molecule has 0 spiro atoms. The van der Waals surface area contributed by atoms with Gasteiger partial charge in [-0.25, -0.2) is 0 Å². The fourth-order valence-corrected chi connectivity index (χ4v) is 4.46. The molecule has 1 atom stereocenters. The highest BCUT2D eigenvalue weighted by molar-refractivity contribution is 5.97. The summed E-state index contributed by atoms with van der Waals surface area (Å²) in [6.07, 6.45) is 1.20. The highest BCUT2D eigenvalue weighted by Gasteiger charge is 2.27. The Kier molecular flexibility index (Phi) is 6.32. The van der Waals surface area contributed by atoms with Gasteiger partial charge in [-0.3, -0.25) is 9.69 Å². The predicted octanol–water partition coefficient (Wildman–Crippen LogP) is 2.29. The Morgan fingerprint density at radius 3 is 2.55 bits per heavy atom. The first kappa shape index (κ1) is 21.8. The number of aliphatic hydroxyl groups excluding tert-OH is 1. The predicted molar refractivity (Wildman–Crippen MR) is 122 cm³/mol. The number of anilines is 1. The Morgan fingerprint density at radius 2 is 1.77 bits per heavy atom. The molecule has 6 nitrogen and oxygen atoms in total. The average molecular weight is 424 g/mol. The fraction of sp³-hybridized carbons (Fsp3) is 0.480. The molecule has 1 amide bonds. The molecule has 166 valence electrons. The third kappa shape index (κ3) is 5.45. The Morgan fingerprint density at radius 1 is 1.03 bits per heavy atom. The van der Waals surface area contributed by atoms with E-state index in [1.807, 2.05) is 18.2 Å². The minimum atomic E-state index is -0.797. The second-order valence-corrected chi connectivity index (χ2v) is 9.45. The fourth-order valence-electron chi connectivity index (χ4n) is 4.46. The zero-order valence-electron chi connectivity index (χ0n) is 18.5. The van der Waals surface area contributed by atoms with Crippen LogP contribution >= 0.6 is 0 Å². The molecule has 0 aliphatic carbocycles.